The van der Waals surface area contributed by atoms with Gasteiger partial charge in [-0.05, 0) is 53.7 Å². The van der Waals surface area contributed by atoms with Crippen LogP contribution in [0.15, 0.2) is 41.3 Å². The van der Waals surface area contributed by atoms with E-state index in [9.17, 15) is 35.9 Å². The number of carbonyl (C=O) groups excluding carboxylic acids is 2. The summed E-state index contributed by atoms with van der Waals surface area (Å²) in [5.41, 5.74) is -1.72. The highest BCUT2D eigenvalue weighted by atomic mass is 32.2. The predicted molar refractivity (Wildman–Crippen MR) is 98.5 cm³/mol. The lowest BCUT2D eigenvalue weighted by Crippen LogP contribution is -2.18. The van der Waals surface area contributed by atoms with Crippen molar-refractivity contribution in [2.45, 2.75) is 12.5 Å². The van der Waals surface area contributed by atoms with Crippen molar-refractivity contribution in [3.63, 3.8) is 0 Å². The summed E-state index contributed by atoms with van der Waals surface area (Å²) in [6, 6.07) is 6.65. The van der Waals surface area contributed by atoms with Gasteiger partial charge in [0.15, 0.2) is 11.5 Å². The Labute approximate surface area is 179 Å². The zero-order valence-corrected chi connectivity index (χ0v) is 16.1. The summed E-state index contributed by atoms with van der Waals surface area (Å²) >= 11 is 0.518. The van der Waals surface area contributed by atoms with Crippen LogP contribution in [0, 0.1) is 11.3 Å². The van der Waals surface area contributed by atoms with Crippen LogP contribution < -0.4 is 14.8 Å². The fourth-order valence-electron chi connectivity index (χ4n) is 2.50. The van der Waals surface area contributed by atoms with Crippen molar-refractivity contribution in [3.8, 4) is 23.3 Å². The minimum absolute atomic E-state index is 0.0141. The molecule has 0 atom stereocenters. The Kier molecular flexibility index (Phi) is 6.09. The van der Waals surface area contributed by atoms with Gasteiger partial charge in [-0.25, -0.2) is 0 Å². The molecular weight excluding hydrogens is 466 g/mol. The van der Waals surface area contributed by atoms with Crippen molar-refractivity contribution in [3.05, 3.63) is 58.0 Å². The molecule has 0 unspecified atom stereocenters. The van der Waals surface area contributed by atoms with Crippen molar-refractivity contribution in [2.75, 3.05) is 0 Å². The summed E-state index contributed by atoms with van der Waals surface area (Å²) in [4.78, 5) is 22.7. The molecule has 32 heavy (non-hydrogen) atoms. The average molecular weight is 474 g/mol. The van der Waals surface area contributed by atoms with Gasteiger partial charge in [-0.3, -0.25) is 14.9 Å². The summed E-state index contributed by atoms with van der Waals surface area (Å²) < 4.78 is 87.5. The van der Waals surface area contributed by atoms with Crippen LogP contribution >= 0.6 is 11.8 Å². The number of rotatable bonds is 4. The van der Waals surface area contributed by atoms with Crippen molar-refractivity contribution < 1.29 is 45.4 Å². The monoisotopic (exact) mass is 474 g/mol. The summed E-state index contributed by atoms with van der Waals surface area (Å²) in [6.07, 6.45) is -9.07. The van der Waals surface area contributed by atoms with E-state index in [2.05, 4.69) is 4.74 Å². The number of hydrogen-bond acceptors (Lipinski definition) is 6. The molecule has 0 aliphatic carbocycles. The van der Waals surface area contributed by atoms with E-state index >= 15 is 0 Å². The van der Waals surface area contributed by atoms with Gasteiger partial charge in [0, 0.05) is 0 Å². The highest BCUT2D eigenvalue weighted by Gasteiger charge is 2.36. The molecule has 0 bridgehead atoms. The maximum atomic E-state index is 13.3. The maximum absolute atomic E-state index is 13.3. The highest BCUT2D eigenvalue weighted by molar-refractivity contribution is 8.18. The fraction of sp³-hybridized carbons (Fsp3) is 0.105. The van der Waals surface area contributed by atoms with Gasteiger partial charge >= 0.3 is 12.5 Å². The Morgan fingerprint density at radius 2 is 1.66 bits per heavy atom. The molecule has 1 saturated heterocycles. The molecule has 0 aromatic heterocycles. The van der Waals surface area contributed by atoms with Crippen molar-refractivity contribution in [2.24, 2.45) is 0 Å². The standard InChI is InChI=1S/C19H8F6N2O4S/c20-18(21,22)11-5-10(8-26)2-3-12(11)30-13-4-1-9(6-14(13)31-19(23,24)25)7-15-16(28)27-17(29)32-15/h1-7H,(H,27,28,29)/b15-7-. The summed E-state index contributed by atoms with van der Waals surface area (Å²) in [7, 11) is 0. The highest BCUT2D eigenvalue weighted by Crippen LogP contribution is 2.42. The molecule has 1 aliphatic rings. The minimum atomic E-state index is -5.21. The Hall–Kier alpha value is -3.66. The number of nitriles is 1. The molecule has 1 heterocycles. The van der Waals surface area contributed by atoms with Crippen LogP contribution in [0.1, 0.15) is 16.7 Å². The van der Waals surface area contributed by atoms with E-state index in [1.54, 1.807) is 0 Å². The molecule has 6 nitrogen and oxygen atoms in total. The van der Waals surface area contributed by atoms with Gasteiger partial charge < -0.3 is 9.47 Å². The molecule has 166 valence electrons. The van der Waals surface area contributed by atoms with E-state index in [0.717, 1.165) is 36.4 Å². The SMILES string of the molecule is N#Cc1ccc(Oc2ccc(/C=C3\SC(=O)NC3=O)cc2OC(F)(F)F)c(C(F)(F)F)c1. The second-order valence-corrected chi connectivity index (χ2v) is 7.04. The third kappa shape index (κ3) is 5.52. The number of nitrogens with zero attached hydrogens (tertiary/aromatic N) is 1. The Balaban J connectivity index is 2.04. The number of benzene rings is 2. The zero-order chi connectivity index (χ0) is 23.7. The molecule has 0 spiro atoms. The summed E-state index contributed by atoms with van der Waals surface area (Å²) in [5, 5.41) is 10.1. The fourth-order valence-corrected chi connectivity index (χ4v) is 3.19. The molecule has 2 aromatic rings. The number of alkyl halides is 6. The third-order valence-electron chi connectivity index (χ3n) is 3.77. The molecule has 2 amide bonds. The van der Waals surface area contributed by atoms with E-state index in [-0.39, 0.29) is 16.0 Å². The molecular formula is C19H8F6N2O4S. The van der Waals surface area contributed by atoms with Gasteiger partial charge in [-0.1, -0.05) is 6.07 Å². The van der Waals surface area contributed by atoms with Crippen LogP contribution in [0.3, 0.4) is 0 Å². The van der Waals surface area contributed by atoms with E-state index in [4.69, 9.17) is 10.00 Å². The van der Waals surface area contributed by atoms with E-state index in [1.165, 1.54) is 6.07 Å². The first-order valence-electron chi connectivity index (χ1n) is 8.29. The van der Waals surface area contributed by atoms with Crippen LogP contribution in [-0.2, 0) is 11.0 Å². The second kappa shape index (κ2) is 8.46. The molecule has 0 radical (unpaired) electrons. The van der Waals surface area contributed by atoms with Gasteiger partial charge in [0.1, 0.15) is 5.75 Å². The summed E-state index contributed by atoms with van der Waals surface area (Å²) in [6.45, 7) is 0. The Morgan fingerprint density at radius 1 is 0.969 bits per heavy atom. The minimum Gasteiger partial charge on any atom is -0.453 e. The first-order valence-corrected chi connectivity index (χ1v) is 9.11. The van der Waals surface area contributed by atoms with Crippen LogP contribution in [0.2, 0.25) is 0 Å². The van der Waals surface area contributed by atoms with Gasteiger partial charge in [0.25, 0.3) is 11.1 Å². The van der Waals surface area contributed by atoms with Crippen LogP contribution in [0.5, 0.6) is 17.2 Å². The van der Waals surface area contributed by atoms with Crippen LogP contribution in [0.25, 0.3) is 6.08 Å². The number of nitrogens with one attached hydrogen (secondary N) is 1. The lowest BCUT2D eigenvalue weighted by atomic mass is 10.1. The zero-order valence-electron chi connectivity index (χ0n) is 15.3. The first-order chi connectivity index (χ1) is 14.9. The molecule has 13 heteroatoms. The van der Waals surface area contributed by atoms with Crippen molar-refractivity contribution >= 4 is 29.0 Å². The number of hydrogen-bond donors (Lipinski definition) is 1. The smallest absolute Gasteiger partial charge is 0.453 e. The Bertz CT molecular complexity index is 1170. The third-order valence-corrected chi connectivity index (χ3v) is 4.58. The normalized spacial score (nSPS) is 15.5. The quantitative estimate of drug-likeness (QED) is 0.459. The number of imide groups is 1. The Morgan fingerprint density at radius 3 is 2.22 bits per heavy atom. The largest absolute Gasteiger partial charge is 0.573 e. The molecule has 1 N–H and O–H groups in total. The van der Waals surface area contributed by atoms with E-state index in [1.807, 2.05) is 5.32 Å². The number of amides is 2. The van der Waals surface area contributed by atoms with E-state index in [0.29, 0.717) is 17.8 Å². The number of carbonyl (C=O) groups is 2. The molecule has 2 aromatic carbocycles. The lowest BCUT2D eigenvalue weighted by molar-refractivity contribution is -0.275. The number of ether oxygens (including phenoxy) is 2. The molecule has 3 rings (SSSR count). The van der Waals surface area contributed by atoms with Crippen molar-refractivity contribution in [1.29, 1.82) is 5.26 Å². The maximum Gasteiger partial charge on any atom is 0.573 e. The first kappa shape index (κ1) is 23.0. The lowest BCUT2D eigenvalue weighted by Gasteiger charge is -2.17. The topological polar surface area (TPSA) is 88.4 Å². The van der Waals surface area contributed by atoms with E-state index < -0.39 is 46.5 Å². The number of thioether (sulfide) groups is 1. The van der Waals surface area contributed by atoms with Gasteiger partial charge in [0.2, 0.25) is 0 Å². The van der Waals surface area contributed by atoms with Crippen LogP contribution in [-0.4, -0.2) is 17.5 Å². The number of halogens is 6. The molecule has 0 saturated carbocycles. The van der Waals surface area contributed by atoms with Crippen molar-refractivity contribution in [1.82, 2.24) is 5.32 Å². The average Bonchev–Trinajstić information content (AvgIpc) is 2.98. The van der Waals surface area contributed by atoms with Crippen LogP contribution in [0.4, 0.5) is 31.1 Å². The second-order valence-electron chi connectivity index (χ2n) is 6.03. The predicted octanol–water partition coefficient (Wildman–Crippen LogP) is 5.59. The summed E-state index contributed by atoms with van der Waals surface area (Å²) in [5.74, 6) is -3.31. The van der Waals surface area contributed by atoms with Gasteiger partial charge in [-0.15, -0.1) is 13.2 Å². The molecule has 1 fully saturated rings. The van der Waals surface area contributed by atoms with Gasteiger partial charge in [0.05, 0.1) is 22.1 Å². The van der Waals surface area contributed by atoms with Gasteiger partial charge in [-0.2, -0.15) is 18.4 Å². The molecule has 1 aliphatic heterocycles.